The van der Waals surface area contributed by atoms with Crippen molar-refractivity contribution in [1.29, 1.82) is 0 Å². The summed E-state index contributed by atoms with van der Waals surface area (Å²) in [6, 6.07) is 0. The highest BCUT2D eigenvalue weighted by atomic mass is 16.6. The van der Waals surface area contributed by atoms with E-state index in [-0.39, 0.29) is 24.4 Å². The van der Waals surface area contributed by atoms with Gasteiger partial charge in [0, 0.05) is 13.7 Å². The monoisotopic (exact) mass is 274 g/mol. The molecule has 19 heavy (non-hydrogen) atoms. The van der Waals surface area contributed by atoms with E-state index in [4.69, 9.17) is 28.4 Å². The fourth-order valence-electron chi connectivity index (χ4n) is 2.10. The maximum absolute atomic E-state index is 5.90. The fraction of sp³-hybridized carbons (Fsp3) is 1.00. The van der Waals surface area contributed by atoms with E-state index in [2.05, 4.69) is 0 Å². The lowest BCUT2D eigenvalue weighted by molar-refractivity contribution is -0.0815. The smallest absolute Gasteiger partial charge is 0.112 e. The van der Waals surface area contributed by atoms with Crippen LogP contribution in [-0.4, -0.2) is 77.3 Å². The number of ether oxygens (including phenoxy) is 6. The van der Waals surface area contributed by atoms with Gasteiger partial charge in [-0.2, -0.15) is 0 Å². The molecule has 0 radical (unpaired) electrons. The zero-order valence-electron chi connectivity index (χ0n) is 11.3. The molecule has 3 fully saturated rings. The average molecular weight is 274 g/mol. The van der Waals surface area contributed by atoms with Crippen molar-refractivity contribution in [3.8, 4) is 0 Å². The molecule has 3 saturated heterocycles. The van der Waals surface area contributed by atoms with Crippen LogP contribution in [0.15, 0.2) is 0 Å². The summed E-state index contributed by atoms with van der Waals surface area (Å²) in [5, 5.41) is 0. The number of hydrogen-bond donors (Lipinski definition) is 0. The van der Waals surface area contributed by atoms with Crippen LogP contribution in [-0.2, 0) is 28.4 Å². The third kappa shape index (κ3) is 4.66. The number of epoxide rings is 3. The van der Waals surface area contributed by atoms with Gasteiger partial charge in [-0.3, -0.25) is 0 Å². The summed E-state index contributed by atoms with van der Waals surface area (Å²) in [6.07, 6.45) is 1.53. The molecule has 3 aliphatic heterocycles. The molecule has 0 bridgehead atoms. The summed E-state index contributed by atoms with van der Waals surface area (Å²) in [4.78, 5) is 0. The molecule has 6 nitrogen and oxygen atoms in total. The van der Waals surface area contributed by atoms with Crippen LogP contribution in [0.1, 0.15) is 6.42 Å². The van der Waals surface area contributed by atoms with Gasteiger partial charge in [-0.15, -0.1) is 0 Å². The van der Waals surface area contributed by atoms with Gasteiger partial charge in [0.2, 0.25) is 0 Å². The van der Waals surface area contributed by atoms with Crippen LogP contribution in [0.4, 0.5) is 0 Å². The first-order valence-electron chi connectivity index (χ1n) is 6.93. The van der Waals surface area contributed by atoms with E-state index in [1.54, 1.807) is 7.11 Å². The van der Waals surface area contributed by atoms with Gasteiger partial charge < -0.3 is 28.4 Å². The molecule has 0 spiro atoms. The van der Waals surface area contributed by atoms with Crippen LogP contribution < -0.4 is 0 Å². The summed E-state index contributed by atoms with van der Waals surface area (Å²) in [6.45, 7) is 4.35. The van der Waals surface area contributed by atoms with E-state index in [0.717, 1.165) is 26.2 Å². The number of methoxy groups -OCH3 is 1. The van der Waals surface area contributed by atoms with Crippen molar-refractivity contribution in [2.75, 3.05) is 46.8 Å². The first-order chi connectivity index (χ1) is 9.36. The summed E-state index contributed by atoms with van der Waals surface area (Å²) >= 11 is 0. The molecule has 5 atom stereocenters. The van der Waals surface area contributed by atoms with Crippen LogP contribution in [0, 0.1) is 0 Å². The summed E-state index contributed by atoms with van der Waals surface area (Å²) in [7, 11) is 1.70. The molecule has 0 aromatic carbocycles. The Bertz CT molecular complexity index is 274. The highest BCUT2D eigenvalue weighted by Crippen LogP contribution is 2.24. The Kier molecular flexibility index (Phi) is 4.68. The average Bonchev–Trinajstić information content (AvgIpc) is 3.29. The second kappa shape index (κ2) is 6.47. The molecule has 0 aliphatic carbocycles. The molecule has 0 aromatic heterocycles. The molecule has 5 unspecified atom stereocenters. The minimum absolute atomic E-state index is 0.00169. The molecule has 0 N–H and O–H groups in total. The maximum Gasteiger partial charge on any atom is 0.112 e. The van der Waals surface area contributed by atoms with Crippen LogP contribution in [0.3, 0.4) is 0 Å². The molecular weight excluding hydrogens is 252 g/mol. The second-order valence-corrected chi connectivity index (χ2v) is 5.22. The van der Waals surface area contributed by atoms with Crippen LogP contribution in [0.2, 0.25) is 0 Å². The minimum atomic E-state index is -0.0143. The van der Waals surface area contributed by atoms with Crippen LogP contribution in [0.5, 0.6) is 0 Å². The highest BCUT2D eigenvalue weighted by Gasteiger charge is 2.39. The number of hydrogen-bond acceptors (Lipinski definition) is 6. The van der Waals surface area contributed by atoms with E-state index in [9.17, 15) is 0 Å². The summed E-state index contributed by atoms with van der Waals surface area (Å²) < 4.78 is 32.6. The van der Waals surface area contributed by atoms with Gasteiger partial charge in [0.1, 0.15) is 24.4 Å². The molecule has 0 saturated carbocycles. The Balaban J connectivity index is 1.39. The third-order valence-corrected chi connectivity index (χ3v) is 3.52. The van der Waals surface area contributed by atoms with Crippen molar-refractivity contribution < 1.29 is 28.4 Å². The summed E-state index contributed by atoms with van der Waals surface area (Å²) in [5.41, 5.74) is 0. The lowest BCUT2D eigenvalue weighted by atomic mass is 10.1. The van der Waals surface area contributed by atoms with Gasteiger partial charge >= 0.3 is 0 Å². The van der Waals surface area contributed by atoms with E-state index in [0.29, 0.717) is 25.9 Å². The molecule has 3 heterocycles. The Morgan fingerprint density at radius 3 is 2.32 bits per heavy atom. The van der Waals surface area contributed by atoms with Gasteiger partial charge in [-0.1, -0.05) is 0 Å². The Labute approximate surface area is 113 Å². The minimum Gasteiger partial charge on any atom is -0.379 e. The highest BCUT2D eigenvalue weighted by molar-refractivity contribution is 4.87. The van der Waals surface area contributed by atoms with E-state index in [1.165, 1.54) is 0 Å². The van der Waals surface area contributed by atoms with E-state index in [1.807, 2.05) is 0 Å². The maximum atomic E-state index is 5.90. The molecule has 110 valence electrons. The topological polar surface area (TPSA) is 65.3 Å². The first kappa shape index (κ1) is 13.7. The Hall–Kier alpha value is -0.240. The van der Waals surface area contributed by atoms with E-state index < -0.39 is 0 Å². The van der Waals surface area contributed by atoms with Crippen molar-refractivity contribution in [2.45, 2.75) is 36.9 Å². The van der Waals surface area contributed by atoms with Crippen LogP contribution in [0.25, 0.3) is 0 Å². The SMILES string of the molecule is COC(C(CCOCC1CO1)OCC1CO1)C1CO1. The predicted octanol–water partition coefficient (Wildman–Crippen LogP) is -0.0103. The normalized spacial score (nSPS) is 34.9. The lowest BCUT2D eigenvalue weighted by Crippen LogP contribution is -2.37. The fourth-order valence-corrected chi connectivity index (χ4v) is 2.10. The lowest BCUT2D eigenvalue weighted by Gasteiger charge is -2.24. The molecule has 3 aliphatic rings. The summed E-state index contributed by atoms with van der Waals surface area (Å²) in [5.74, 6) is 0. The molecular formula is C13H22O6. The second-order valence-electron chi connectivity index (χ2n) is 5.22. The predicted molar refractivity (Wildman–Crippen MR) is 65.2 cm³/mol. The van der Waals surface area contributed by atoms with Gasteiger partial charge in [0.25, 0.3) is 0 Å². The largest absolute Gasteiger partial charge is 0.379 e. The quantitative estimate of drug-likeness (QED) is 0.390. The Morgan fingerprint density at radius 1 is 1.05 bits per heavy atom. The molecule has 3 rings (SSSR count). The molecule has 6 heteroatoms. The molecule has 0 aromatic rings. The number of rotatable bonds is 11. The standard InChI is InChI=1S/C13H22O6/c1-14-13(12-8-19-12)11(18-7-10-6-17-10)2-3-15-4-9-5-16-9/h9-13H,2-8H2,1H3. The molecule has 0 amide bonds. The Morgan fingerprint density at radius 2 is 1.74 bits per heavy atom. The van der Waals surface area contributed by atoms with Crippen molar-refractivity contribution in [3.63, 3.8) is 0 Å². The van der Waals surface area contributed by atoms with Gasteiger partial charge in [0.05, 0.1) is 39.1 Å². The van der Waals surface area contributed by atoms with Gasteiger partial charge in [-0.05, 0) is 6.42 Å². The van der Waals surface area contributed by atoms with E-state index >= 15 is 0 Å². The van der Waals surface area contributed by atoms with Gasteiger partial charge in [0.15, 0.2) is 0 Å². The zero-order valence-corrected chi connectivity index (χ0v) is 11.3. The van der Waals surface area contributed by atoms with Crippen molar-refractivity contribution in [1.82, 2.24) is 0 Å². The van der Waals surface area contributed by atoms with Crippen LogP contribution >= 0.6 is 0 Å². The first-order valence-corrected chi connectivity index (χ1v) is 6.93. The van der Waals surface area contributed by atoms with Crippen molar-refractivity contribution in [2.24, 2.45) is 0 Å². The zero-order chi connectivity index (χ0) is 13.1. The van der Waals surface area contributed by atoms with Gasteiger partial charge in [-0.25, -0.2) is 0 Å². The van der Waals surface area contributed by atoms with Crippen molar-refractivity contribution in [3.05, 3.63) is 0 Å². The third-order valence-electron chi connectivity index (χ3n) is 3.52. The van der Waals surface area contributed by atoms with Crippen molar-refractivity contribution >= 4 is 0 Å².